The van der Waals surface area contributed by atoms with Gasteiger partial charge >= 0.3 is 0 Å². The molecule has 3 heteroatoms. The van der Waals surface area contributed by atoms with Crippen molar-refractivity contribution in [1.29, 1.82) is 0 Å². The maximum absolute atomic E-state index is 11.7. The predicted molar refractivity (Wildman–Crippen MR) is 62.8 cm³/mol. The highest BCUT2D eigenvalue weighted by atomic mass is 79.9. The maximum Gasteiger partial charge on any atom is 0.252 e. The maximum atomic E-state index is 11.7. The van der Waals surface area contributed by atoms with Gasteiger partial charge in [-0.15, -0.1) is 0 Å². The van der Waals surface area contributed by atoms with Crippen molar-refractivity contribution in [3.8, 4) is 0 Å². The summed E-state index contributed by atoms with van der Waals surface area (Å²) in [6.45, 7) is 0.625. The number of carbonyl (C=O) groups excluding carboxylic acids is 1. The summed E-state index contributed by atoms with van der Waals surface area (Å²) in [5.41, 5.74) is 1.96. The van der Waals surface area contributed by atoms with E-state index in [0.717, 1.165) is 20.8 Å². The third-order valence-electron chi connectivity index (χ3n) is 2.76. The van der Waals surface area contributed by atoms with Gasteiger partial charge in [0.05, 0.1) is 0 Å². The fourth-order valence-corrected chi connectivity index (χ4v) is 2.51. The van der Waals surface area contributed by atoms with Crippen LogP contribution in [0.15, 0.2) is 34.8 Å². The zero-order valence-corrected chi connectivity index (χ0v) is 9.47. The van der Waals surface area contributed by atoms with Crippen molar-refractivity contribution in [2.45, 2.75) is 6.54 Å². The molecule has 1 heterocycles. The number of hydrogen-bond acceptors (Lipinski definition) is 1. The summed E-state index contributed by atoms with van der Waals surface area (Å²) in [5.74, 6) is 0.0196. The first-order valence-corrected chi connectivity index (χ1v) is 5.55. The van der Waals surface area contributed by atoms with Gasteiger partial charge in [-0.2, -0.15) is 0 Å². The summed E-state index contributed by atoms with van der Waals surface area (Å²) in [4.78, 5) is 11.7. The molecule has 0 fully saturated rings. The van der Waals surface area contributed by atoms with Crippen LogP contribution in [0.1, 0.15) is 15.9 Å². The summed E-state index contributed by atoms with van der Waals surface area (Å²) >= 11 is 3.51. The van der Waals surface area contributed by atoms with E-state index >= 15 is 0 Å². The Morgan fingerprint density at radius 1 is 1.20 bits per heavy atom. The van der Waals surface area contributed by atoms with E-state index in [-0.39, 0.29) is 5.91 Å². The summed E-state index contributed by atoms with van der Waals surface area (Å²) < 4.78 is 1.04. The van der Waals surface area contributed by atoms with Crippen LogP contribution in [0.4, 0.5) is 0 Å². The average Bonchev–Trinajstić information content (AvgIpc) is 2.27. The molecule has 3 rings (SSSR count). The van der Waals surface area contributed by atoms with Gasteiger partial charge < -0.3 is 5.32 Å². The van der Waals surface area contributed by atoms with E-state index in [9.17, 15) is 4.79 Å². The number of hydrogen-bond donors (Lipinski definition) is 1. The molecule has 0 spiro atoms. The Balaban J connectivity index is 2.53. The van der Waals surface area contributed by atoms with Crippen LogP contribution in [0.5, 0.6) is 0 Å². The van der Waals surface area contributed by atoms with E-state index in [0.29, 0.717) is 6.54 Å². The largest absolute Gasteiger partial charge is 0.348 e. The molecule has 0 saturated carbocycles. The number of amides is 1. The van der Waals surface area contributed by atoms with Gasteiger partial charge in [0.15, 0.2) is 0 Å². The number of halogens is 1. The molecule has 0 aliphatic carbocycles. The first kappa shape index (κ1) is 8.92. The zero-order chi connectivity index (χ0) is 10.4. The third-order valence-corrected chi connectivity index (χ3v) is 3.45. The summed E-state index contributed by atoms with van der Waals surface area (Å²) in [6.07, 6.45) is 0. The molecule has 2 aromatic carbocycles. The molecule has 0 saturated heterocycles. The Hall–Kier alpha value is -1.35. The second kappa shape index (κ2) is 3.07. The minimum atomic E-state index is 0.0196. The van der Waals surface area contributed by atoms with E-state index in [2.05, 4.69) is 27.3 Å². The van der Waals surface area contributed by atoms with Gasteiger partial charge in [0.2, 0.25) is 0 Å². The van der Waals surface area contributed by atoms with Crippen LogP contribution in [0, 0.1) is 0 Å². The Labute approximate surface area is 95.4 Å². The quantitative estimate of drug-likeness (QED) is 0.777. The monoisotopic (exact) mass is 261 g/mol. The van der Waals surface area contributed by atoms with Crippen LogP contribution in [0.2, 0.25) is 0 Å². The summed E-state index contributed by atoms with van der Waals surface area (Å²) in [5, 5.41) is 5.05. The first-order chi connectivity index (χ1) is 7.27. The van der Waals surface area contributed by atoms with Crippen molar-refractivity contribution in [3.05, 3.63) is 45.9 Å². The minimum Gasteiger partial charge on any atom is -0.348 e. The average molecular weight is 262 g/mol. The molecule has 2 aromatic rings. The lowest BCUT2D eigenvalue weighted by Gasteiger charge is -2.18. The summed E-state index contributed by atoms with van der Waals surface area (Å²) in [6, 6.07) is 9.89. The summed E-state index contributed by atoms with van der Waals surface area (Å²) in [7, 11) is 0. The second-order valence-corrected chi connectivity index (χ2v) is 4.47. The van der Waals surface area contributed by atoms with Crippen molar-refractivity contribution in [2.75, 3.05) is 0 Å². The SMILES string of the molecule is O=C1NCc2ccc(Br)c3cccc1c23. The molecule has 0 radical (unpaired) electrons. The van der Waals surface area contributed by atoms with Gasteiger partial charge in [-0.25, -0.2) is 0 Å². The molecule has 0 bridgehead atoms. The lowest BCUT2D eigenvalue weighted by molar-refractivity contribution is 0.0949. The van der Waals surface area contributed by atoms with E-state index in [4.69, 9.17) is 0 Å². The highest BCUT2D eigenvalue weighted by Crippen LogP contribution is 2.31. The lowest BCUT2D eigenvalue weighted by Crippen LogP contribution is -2.27. The van der Waals surface area contributed by atoms with Gasteiger partial charge in [-0.1, -0.05) is 34.1 Å². The van der Waals surface area contributed by atoms with Crippen LogP contribution in [-0.2, 0) is 6.54 Å². The van der Waals surface area contributed by atoms with Crippen molar-refractivity contribution in [2.24, 2.45) is 0 Å². The Morgan fingerprint density at radius 2 is 2.07 bits per heavy atom. The highest BCUT2D eigenvalue weighted by Gasteiger charge is 2.18. The van der Waals surface area contributed by atoms with Gasteiger partial charge in [-0.3, -0.25) is 4.79 Å². The van der Waals surface area contributed by atoms with Crippen molar-refractivity contribution >= 4 is 32.6 Å². The zero-order valence-electron chi connectivity index (χ0n) is 7.88. The Bertz CT molecular complexity index is 577. The molecule has 74 valence electrons. The molecular weight excluding hydrogens is 254 g/mol. The standard InChI is InChI=1S/C12H8BrNO/c13-10-5-4-7-6-14-12(15)9-3-1-2-8(10)11(7)9/h1-5H,6H2,(H,14,15). The van der Waals surface area contributed by atoms with Crippen molar-refractivity contribution in [1.82, 2.24) is 5.32 Å². The Morgan fingerprint density at radius 3 is 2.93 bits per heavy atom. The second-order valence-electron chi connectivity index (χ2n) is 3.62. The molecule has 1 aliphatic heterocycles. The molecule has 1 aliphatic rings. The van der Waals surface area contributed by atoms with E-state index in [1.54, 1.807) is 0 Å². The molecule has 1 N–H and O–H groups in total. The van der Waals surface area contributed by atoms with Crippen LogP contribution in [-0.4, -0.2) is 5.91 Å². The number of benzene rings is 2. The van der Waals surface area contributed by atoms with Gasteiger partial charge in [-0.05, 0) is 23.1 Å². The predicted octanol–water partition coefficient (Wildman–Crippen LogP) is 2.85. The van der Waals surface area contributed by atoms with Crippen molar-refractivity contribution in [3.63, 3.8) is 0 Å². The topological polar surface area (TPSA) is 29.1 Å². The smallest absolute Gasteiger partial charge is 0.252 e. The molecule has 0 aromatic heterocycles. The molecule has 2 nitrogen and oxygen atoms in total. The number of rotatable bonds is 0. The molecular formula is C12H8BrNO. The first-order valence-electron chi connectivity index (χ1n) is 4.75. The van der Waals surface area contributed by atoms with Crippen LogP contribution >= 0.6 is 15.9 Å². The normalized spacial score (nSPS) is 14.1. The molecule has 1 amide bonds. The van der Waals surface area contributed by atoms with E-state index in [1.165, 1.54) is 5.56 Å². The highest BCUT2D eigenvalue weighted by molar-refractivity contribution is 9.10. The third kappa shape index (κ3) is 1.20. The van der Waals surface area contributed by atoms with E-state index < -0.39 is 0 Å². The Kier molecular flexibility index (Phi) is 1.83. The lowest BCUT2D eigenvalue weighted by atomic mass is 9.96. The van der Waals surface area contributed by atoms with Crippen LogP contribution < -0.4 is 5.32 Å². The fourth-order valence-electron chi connectivity index (χ4n) is 2.05. The number of nitrogens with one attached hydrogen (secondary N) is 1. The van der Waals surface area contributed by atoms with Gasteiger partial charge in [0.25, 0.3) is 5.91 Å². The molecule has 0 unspecified atom stereocenters. The van der Waals surface area contributed by atoms with E-state index in [1.807, 2.05) is 24.3 Å². The fraction of sp³-hybridized carbons (Fsp3) is 0.0833. The van der Waals surface area contributed by atoms with Crippen LogP contribution in [0.25, 0.3) is 10.8 Å². The van der Waals surface area contributed by atoms with Crippen LogP contribution in [0.3, 0.4) is 0 Å². The minimum absolute atomic E-state index is 0.0196. The number of carbonyl (C=O) groups is 1. The van der Waals surface area contributed by atoms with Crippen molar-refractivity contribution < 1.29 is 4.79 Å². The molecule has 0 atom stereocenters. The van der Waals surface area contributed by atoms with Gasteiger partial charge in [0, 0.05) is 22.0 Å². The van der Waals surface area contributed by atoms with Gasteiger partial charge in [0.1, 0.15) is 0 Å². The molecule has 15 heavy (non-hydrogen) atoms.